The Labute approximate surface area is 309 Å². The minimum Gasteiger partial charge on any atom is -0.462 e. The van der Waals surface area contributed by atoms with Crippen LogP contribution in [0, 0.1) is 52.3 Å². The first kappa shape index (κ1) is 40.7. The maximum Gasteiger partial charge on any atom is 0.306 e. The number of esters is 1. The Morgan fingerprint density at radius 2 is 1.44 bits per heavy atom. The Bertz CT molecular complexity index is 1210. The maximum atomic E-state index is 12.8. The van der Waals surface area contributed by atoms with Crippen molar-refractivity contribution >= 4 is 5.97 Å². The number of ether oxygens (including phenoxy) is 1. The van der Waals surface area contributed by atoms with E-state index < -0.39 is 0 Å². The molecule has 9 atom stereocenters. The van der Waals surface area contributed by atoms with E-state index in [1.807, 2.05) is 0 Å². The van der Waals surface area contributed by atoms with Crippen molar-refractivity contribution in [3.63, 3.8) is 0 Å². The molecule has 0 amide bonds. The molecular formula is C48H76O2. The molecule has 3 fully saturated rings. The molecule has 50 heavy (non-hydrogen) atoms. The van der Waals surface area contributed by atoms with Gasteiger partial charge in [0.15, 0.2) is 0 Å². The molecule has 0 spiro atoms. The lowest BCUT2D eigenvalue weighted by Crippen LogP contribution is -2.51. The smallest absolute Gasteiger partial charge is 0.306 e. The third-order valence-corrected chi connectivity index (χ3v) is 14.2. The van der Waals surface area contributed by atoms with Crippen LogP contribution in [0.25, 0.3) is 0 Å². The van der Waals surface area contributed by atoms with Crippen LogP contribution in [-0.2, 0) is 9.53 Å². The molecule has 0 aromatic carbocycles. The van der Waals surface area contributed by atoms with Gasteiger partial charge in [-0.3, -0.25) is 4.79 Å². The number of rotatable bonds is 19. The summed E-state index contributed by atoms with van der Waals surface area (Å²) in [6.07, 6.45) is 45.4. The van der Waals surface area contributed by atoms with Crippen molar-refractivity contribution in [3.8, 4) is 0 Å². The highest BCUT2D eigenvalue weighted by molar-refractivity contribution is 5.69. The summed E-state index contributed by atoms with van der Waals surface area (Å²) in [5.41, 5.74) is 2.45. The number of carbonyl (C=O) groups is 1. The van der Waals surface area contributed by atoms with Gasteiger partial charge in [0.2, 0.25) is 0 Å². The summed E-state index contributed by atoms with van der Waals surface area (Å²) in [5, 5.41) is 0. The van der Waals surface area contributed by atoms with Crippen LogP contribution in [0.3, 0.4) is 0 Å². The fourth-order valence-electron chi connectivity index (χ4n) is 11.2. The standard InChI is InChI=1S/C48H76O2/c1-8-10-11-12-13-14-15-16-17-18-19-20-21-22-23-24-25-46(49)50-41-32-34-47(6)40(36-41)28-29-42-44-31-30-43(48(44,7)35-33-45(42)47)38(5)26-27-39(9-2)37(3)4/h10-11,13-14,16-17,19-20,22-23,28,37-39,41-45H,8-9,12,15,18,21,24-27,29-36H2,1-7H3/b11-10+,14-13+,17-16+,20-19+,23-22+. The third-order valence-electron chi connectivity index (χ3n) is 14.2. The van der Waals surface area contributed by atoms with Gasteiger partial charge in [0.1, 0.15) is 6.10 Å². The Kier molecular flexibility index (Phi) is 16.5. The molecule has 3 saturated carbocycles. The summed E-state index contributed by atoms with van der Waals surface area (Å²) < 4.78 is 6.09. The molecule has 4 rings (SSSR count). The van der Waals surface area contributed by atoms with E-state index in [1.54, 1.807) is 5.57 Å². The van der Waals surface area contributed by atoms with E-state index in [0.717, 1.165) is 92.8 Å². The van der Waals surface area contributed by atoms with Gasteiger partial charge in [-0.05, 0) is 142 Å². The minimum absolute atomic E-state index is 0.0214. The lowest BCUT2D eigenvalue weighted by molar-refractivity contribution is -0.151. The zero-order valence-corrected chi connectivity index (χ0v) is 33.5. The summed E-state index contributed by atoms with van der Waals surface area (Å²) >= 11 is 0. The van der Waals surface area contributed by atoms with Crippen molar-refractivity contribution in [3.05, 3.63) is 72.4 Å². The van der Waals surface area contributed by atoms with Gasteiger partial charge in [-0.15, -0.1) is 0 Å². The van der Waals surface area contributed by atoms with Gasteiger partial charge in [-0.1, -0.05) is 134 Å². The van der Waals surface area contributed by atoms with Crippen LogP contribution >= 0.6 is 0 Å². The van der Waals surface area contributed by atoms with Crippen molar-refractivity contribution < 1.29 is 9.53 Å². The molecule has 2 heteroatoms. The number of hydrogen-bond donors (Lipinski definition) is 0. The summed E-state index contributed by atoms with van der Waals surface area (Å²) in [6.45, 7) is 17.3. The zero-order valence-electron chi connectivity index (χ0n) is 33.5. The molecule has 0 aromatic heterocycles. The predicted molar refractivity (Wildman–Crippen MR) is 216 cm³/mol. The first-order valence-corrected chi connectivity index (χ1v) is 21.3. The van der Waals surface area contributed by atoms with E-state index >= 15 is 0 Å². The highest BCUT2D eigenvalue weighted by Crippen LogP contribution is 2.67. The molecule has 0 radical (unpaired) electrons. The average Bonchev–Trinajstić information content (AvgIpc) is 3.45. The molecule has 0 aliphatic heterocycles. The topological polar surface area (TPSA) is 26.3 Å². The van der Waals surface area contributed by atoms with Crippen LogP contribution in [0.5, 0.6) is 0 Å². The lowest BCUT2D eigenvalue weighted by atomic mass is 9.47. The summed E-state index contributed by atoms with van der Waals surface area (Å²) in [7, 11) is 0. The van der Waals surface area contributed by atoms with Crippen molar-refractivity contribution in [1.82, 2.24) is 0 Å². The zero-order chi connectivity index (χ0) is 36.0. The second-order valence-electron chi connectivity index (χ2n) is 17.6. The first-order valence-electron chi connectivity index (χ1n) is 21.3. The summed E-state index contributed by atoms with van der Waals surface area (Å²) in [4.78, 5) is 12.8. The van der Waals surface area contributed by atoms with Crippen LogP contribution < -0.4 is 0 Å². The van der Waals surface area contributed by atoms with E-state index in [2.05, 4.69) is 115 Å². The van der Waals surface area contributed by atoms with Crippen LogP contribution in [0.15, 0.2) is 72.4 Å². The molecular weight excluding hydrogens is 609 g/mol. The Morgan fingerprint density at radius 1 is 0.800 bits per heavy atom. The number of fused-ring (bicyclic) bond motifs is 5. The quantitative estimate of drug-likeness (QED) is 0.1000. The van der Waals surface area contributed by atoms with Crippen molar-refractivity contribution in [2.45, 2.75) is 170 Å². The van der Waals surface area contributed by atoms with Crippen LogP contribution in [0.1, 0.15) is 164 Å². The largest absolute Gasteiger partial charge is 0.462 e. The van der Waals surface area contributed by atoms with Crippen molar-refractivity contribution in [2.75, 3.05) is 0 Å². The Hall–Kier alpha value is -2.09. The van der Waals surface area contributed by atoms with Gasteiger partial charge in [-0.25, -0.2) is 0 Å². The lowest BCUT2D eigenvalue weighted by Gasteiger charge is -2.58. The highest BCUT2D eigenvalue weighted by Gasteiger charge is 2.59. The SMILES string of the molecule is CC/C=C/C/C=C/C/C=C/C/C=C/C/C=C/CCC(=O)OC1CCC2(C)C(=CCC3C2CCC2(C)C(C(C)CCC(CC)C(C)C)CCC32)C1. The molecule has 0 N–H and O–H groups in total. The predicted octanol–water partition coefficient (Wildman–Crippen LogP) is 14.1. The first-order chi connectivity index (χ1) is 24.1. The van der Waals surface area contributed by atoms with Gasteiger partial charge < -0.3 is 4.74 Å². The number of allylic oxidation sites excluding steroid dienone is 11. The molecule has 2 nitrogen and oxygen atoms in total. The number of carbonyl (C=O) groups excluding carboxylic acids is 1. The molecule has 0 bridgehead atoms. The molecule has 0 heterocycles. The Morgan fingerprint density at radius 3 is 2.06 bits per heavy atom. The summed E-state index contributed by atoms with van der Waals surface area (Å²) in [5.74, 6) is 5.99. The Balaban J connectivity index is 1.17. The molecule has 4 aliphatic rings. The van der Waals surface area contributed by atoms with Gasteiger partial charge in [0.25, 0.3) is 0 Å². The van der Waals surface area contributed by atoms with Crippen molar-refractivity contribution in [2.24, 2.45) is 52.3 Å². The fourth-order valence-corrected chi connectivity index (χ4v) is 11.2. The van der Waals surface area contributed by atoms with E-state index in [1.165, 1.54) is 57.8 Å². The second kappa shape index (κ2) is 20.2. The highest BCUT2D eigenvalue weighted by atomic mass is 16.5. The monoisotopic (exact) mass is 685 g/mol. The normalized spacial score (nSPS) is 32.6. The second-order valence-corrected chi connectivity index (χ2v) is 17.6. The molecule has 9 unspecified atom stereocenters. The minimum atomic E-state index is -0.0214. The van der Waals surface area contributed by atoms with Crippen LogP contribution in [0.4, 0.5) is 0 Å². The van der Waals surface area contributed by atoms with E-state index in [0.29, 0.717) is 17.3 Å². The van der Waals surface area contributed by atoms with Crippen LogP contribution in [0.2, 0.25) is 0 Å². The average molecular weight is 685 g/mol. The third kappa shape index (κ3) is 10.7. The van der Waals surface area contributed by atoms with Crippen molar-refractivity contribution in [1.29, 1.82) is 0 Å². The fraction of sp³-hybridized carbons (Fsp3) is 0.729. The maximum absolute atomic E-state index is 12.8. The number of hydrogen-bond acceptors (Lipinski definition) is 2. The van der Waals surface area contributed by atoms with E-state index in [-0.39, 0.29) is 12.1 Å². The summed E-state index contributed by atoms with van der Waals surface area (Å²) in [6, 6.07) is 0. The van der Waals surface area contributed by atoms with E-state index in [4.69, 9.17) is 4.74 Å². The van der Waals surface area contributed by atoms with Gasteiger partial charge in [0.05, 0.1) is 0 Å². The molecule has 280 valence electrons. The molecule has 0 saturated heterocycles. The van der Waals surface area contributed by atoms with Gasteiger partial charge in [0, 0.05) is 12.8 Å². The van der Waals surface area contributed by atoms with Gasteiger partial charge in [-0.2, -0.15) is 0 Å². The molecule has 0 aromatic rings. The van der Waals surface area contributed by atoms with Gasteiger partial charge >= 0.3 is 5.97 Å². The molecule has 4 aliphatic carbocycles. The van der Waals surface area contributed by atoms with Crippen LogP contribution in [-0.4, -0.2) is 12.1 Å². The van der Waals surface area contributed by atoms with E-state index in [9.17, 15) is 4.79 Å².